The smallest absolute Gasteiger partial charge is 0.490 e. The lowest BCUT2D eigenvalue weighted by atomic mass is 9.95. The molecule has 0 saturated carbocycles. The van der Waals surface area contributed by atoms with Gasteiger partial charge in [0.1, 0.15) is 18.2 Å². The summed E-state index contributed by atoms with van der Waals surface area (Å²) in [6, 6.07) is 11.7. The van der Waals surface area contributed by atoms with E-state index in [1.807, 2.05) is 36.4 Å². The number of carboxylic acid groups (broad SMARTS) is 1. The number of nitrogen functional groups attached to an aromatic ring is 1. The fourth-order valence-corrected chi connectivity index (χ4v) is 3.70. The monoisotopic (exact) mass is 505 g/mol. The van der Waals surface area contributed by atoms with Crippen LogP contribution >= 0.6 is 0 Å². The molecule has 12 heteroatoms. The quantitative estimate of drug-likeness (QED) is 0.435. The third-order valence-electron chi connectivity index (χ3n) is 5.57. The van der Waals surface area contributed by atoms with E-state index in [1.165, 1.54) is 5.69 Å². The SMILES string of the molecule is Nc1nccc2ccc(OCCNC(=O)C3CCN(c4ccncc4)CC3)cc12.O=C(O)C(F)(F)F. The Bertz CT molecular complexity index is 1170. The van der Waals surface area contributed by atoms with Crippen molar-refractivity contribution in [2.24, 2.45) is 5.92 Å². The Morgan fingerprint density at radius 2 is 1.78 bits per heavy atom. The minimum atomic E-state index is -5.08. The van der Waals surface area contributed by atoms with E-state index in [0.717, 1.165) is 42.5 Å². The number of hydrogen-bond donors (Lipinski definition) is 3. The molecule has 0 aliphatic carbocycles. The summed E-state index contributed by atoms with van der Waals surface area (Å²) in [5.41, 5.74) is 7.08. The molecule has 0 bridgehead atoms. The number of carboxylic acids is 1. The van der Waals surface area contributed by atoms with Crippen LogP contribution in [0, 0.1) is 5.92 Å². The highest BCUT2D eigenvalue weighted by atomic mass is 19.4. The highest BCUT2D eigenvalue weighted by molar-refractivity contribution is 5.91. The van der Waals surface area contributed by atoms with Crippen LogP contribution in [-0.2, 0) is 9.59 Å². The van der Waals surface area contributed by atoms with Gasteiger partial charge in [-0.1, -0.05) is 6.07 Å². The van der Waals surface area contributed by atoms with Crippen LogP contribution in [0.4, 0.5) is 24.7 Å². The average molecular weight is 505 g/mol. The van der Waals surface area contributed by atoms with Crippen molar-refractivity contribution >= 4 is 34.2 Å². The molecule has 1 aliphatic rings. The Morgan fingerprint density at radius 3 is 2.42 bits per heavy atom. The molecule has 3 aromatic rings. The predicted octanol–water partition coefficient (Wildman–Crippen LogP) is 3.26. The van der Waals surface area contributed by atoms with Gasteiger partial charge in [0.05, 0.1) is 6.54 Å². The molecule has 1 amide bonds. The molecule has 2 aromatic heterocycles. The molecule has 4 rings (SSSR count). The maximum absolute atomic E-state index is 12.5. The van der Waals surface area contributed by atoms with Crippen LogP contribution in [0.25, 0.3) is 10.8 Å². The summed E-state index contributed by atoms with van der Waals surface area (Å²) in [6.45, 7) is 2.65. The molecule has 1 aromatic carbocycles. The largest absolute Gasteiger partial charge is 0.492 e. The molecule has 0 atom stereocenters. The number of nitrogens with two attached hydrogens (primary N) is 1. The number of aliphatic carboxylic acids is 1. The van der Waals surface area contributed by atoms with Gasteiger partial charge in [-0.05, 0) is 48.6 Å². The molecular weight excluding hydrogens is 479 g/mol. The van der Waals surface area contributed by atoms with Crippen molar-refractivity contribution in [1.82, 2.24) is 15.3 Å². The maximum atomic E-state index is 12.5. The summed E-state index contributed by atoms with van der Waals surface area (Å²) in [5.74, 6) is -1.39. The molecule has 1 aliphatic heterocycles. The molecule has 36 heavy (non-hydrogen) atoms. The van der Waals surface area contributed by atoms with Gasteiger partial charge in [-0.25, -0.2) is 9.78 Å². The lowest BCUT2D eigenvalue weighted by Crippen LogP contribution is -2.41. The van der Waals surface area contributed by atoms with Gasteiger partial charge in [-0.2, -0.15) is 13.2 Å². The van der Waals surface area contributed by atoms with E-state index in [-0.39, 0.29) is 11.8 Å². The Balaban J connectivity index is 0.000000454. The topological polar surface area (TPSA) is 131 Å². The number of halogens is 3. The molecule has 0 unspecified atom stereocenters. The van der Waals surface area contributed by atoms with Crippen LogP contribution in [-0.4, -0.2) is 59.4 Å². The van der Waals surface area contributed by atoms with Crippen LogP contribution in [0.3, 0.4) is 0 Å². The zero-order valence-corrected chi connectivity index (χ0v) is 19.2. The number of ether oxygens (including phenoxy) is 1. The average Bonchev–Trinajstić information content (AvgIpc) is 2.87. The molecule has 1 fully saturated rings. The van der Waals surface area contributed by atoms with Gasteiger partial charge in [0.2, 0.25) is 5.91 Å². The van der Waals surface area contributed by atoms with Gasteiger partial charge in [0, 0.05) is 48.7 Å². The number of nitrogens with zero attached hydrogens (tertiary/aromatic N) is 3. The number of nitrogens with one attached hydrogen (secondary N) is 1. The number of carbonyl (C=O) groups excluding carboxylic acids is 1. The van der Waals surface area contributed by atoms with Gasteiger partial charge in [0.15, 0.2) is 0 Å². The summed E-state index contributed by atoms with van der Waals surface area (Å²) in [6.07, 6.45) is 1.91. The fourth-order valence-electron chi connectivity index (χ4n) is 3.70. The first kappa shape index (κ1) is 26.5. The predicted molar refractivity (Wildman–Crippen MR) is 128 cm³/mol. The van der Waals surface area contributed by atoms with Gasteiger partial charge < -0.3 is 25.8 Å². The number of benzene rings is 1. The minimum Gasteiger partial charge on any atom is -0.492 e. The fraction of sp³-hybridized carbons (Fsp3) is 0.333. The van der Waals surface area contributed by atoms with E-state index in [0.29, 0.717) is 19.0 Å². The van der Waals surface area contributed by atoms with E-state index >= 15 is 0 Å². The first-order valence-electron chi connectivity index (χ1n) is 11.1. The summed E-state index contributed by atoms with van der Waals surface area (Å²) < 4.78 is 37.5. The van der Waals surface area contributed by atoms with E-state index in [1.54, 1.807) is 18.6 Å². The number of hydrogen-bond acceptors (Lipinski definition) is 7. The number of pyridine rings is 2. The molecule has 4 N–H and O–H groups in total. The molecule has 0 spiro atoms. The van der Waals surface area contributed by atoms with Gasteiger partial charge in [0.25, 0.3) is 0 Å². The van der Waals surface area contributed by atoms with Gasteiger partial charge >= 0.3 is 12.1 Å². The maximum Gasteiger partial charge on any atom is 0.490 e. The first-order valence-corrected chi connectivity index (χ1v) is 11.1. The van der Waals surface area contributed by atoms with Gasteiger partial charge in [-0.3, -0.25) is 9.78 Å². The summed E-state index contributed by atoms with van der Waals surface area (Å²) in [5, 5.41) is 12.0. The zero-order valence-electron chi connectivity index (χ0n) is 19.2. The van der Waals surface area contributed by atoms with E-state index < -0.39 is 12.1 Å². The Kier molecular flexibility index (Phi) is 8.87. The van der Waals surface area contributed by atoms with Crippen molar-refractivity contribution < 1.29 is 32.6 Å². The van der Waals surface area contributed by atoms with Crippen molar-refractivity contribution in [3.63, 3.8) is 0 Å². The van der Waals surface area contributed by atoms with E-state index in [2.05, 4.69) is 20.2 Å². The normalized spacial score (nSPS) is 14.0. The van der Waals surface area contributed by atoms with Crippen LogP contribution < -0.4 is 20.7 Å². The lowest BCUT2D eigenvalue weighted by Gasteiger charge is -2.32. The van der Waals surface area contributed by atoms with E-state index in [4.69, 9.17) is 20.4 Å². The Hall–Kier alpha value is -4.09. The second-order valence-electron chi connectivity index (χ2n) is 7.99. The van der Waals surface area contributed by atoms with Gasteiger partial charge in [-0.15, -0.1) is 0 Å². The number of anilines is 2. The van der Waals surface area contributed by atoms with Crippen molar-refractivity contribution in [2.45, 2.75) is 19.0 Å². The minimum absolute atomic E-state index is 0.0552. The van der Waals surface area contributed by atoms with Crippen molar-refractivity contribution in [1.29, 1.82) is 0 Å². The molecule has 3 heterocycles. The van der Waals surface area contributed by atoms with E-state index in [9.17, 15) is 18.0 Å². The van der Waals surface area contributed by atoms with Crippen LogP contribution in [0.15, 0.2) is 55.0 Å². The second-order valence-corrected chi connectivity index (χ2v) is 7.99. The Labute approximate surface area is 205 Å². The highest BCUT2D eigenvalue weighted by Gasteiger charge is 2.38. The Morgan fingerprint density at radius 1 is 1.11 bits per heavy atom. The first-order chi connectivity index (χ1) is 17.1. The van der Waals surface area contributed by atoms with Crippen molar-refractivity contribution in [3.8, 4) is 5.75 Å². The van der Waals surface area contributed by atoms with Crippen molar-refractivity contribution in [2.75, 3.05) is 36.9 Å². The highest BCUT2D eigenvalue weighted by Crippen LogP contribution is 2.24. The molecule has 1 saturated heterocycles. The summed E-state index contributed by atoms with van der Waals surface area (Å²) in [7, 11) is 0. The van der Waals surface area contributed by atoms with Crippen LogP contribution in [0.2, 0.25) is 0 Å². The molecule has 9 nitrogen and oxygen atoms in total. The number of piperidine rings is 1. The molecule has 192 valence electrons. The number of amides is 1. The number of carbonyl (C=O) groups is 2. The third kappa shape index (κ3) is 7.45. The van der Waals surface area contributed by atoms with Crippen molar-refractivity contribution in [3.05, 3.63) is 55.0 Å². The third-order valence-corrected chi connectivity index (χ3v) is 5.57. The molecular formula is C24H26F3N5O4. The number of rotatable bonds is 6. The summed E-state index contributed by atoms with van der Waals surface area (Å²) >= 11 is 0. The summed E-state index contributed by atoms with van der Waals surface area (Å²) in [4.78, 5) is 31.8. The second kappa shape index (κ2) is 12.0. The zero-order chi connectivity index (χ0) is 26.1. The lowest BCUT2D eigenvalue weighted by molar-refractivity contribution is -0.192. The molecule has 0 radical (unpaired) electrons. The standard InChI is InChI=1S/C22H25N5O2.C2HF3O2/c23-21-20-15-19(2-1-16(20)3-10-25-21)29-14-11-26-22(28)17-6-12-27(13-7-17)18-4-8-24-9-5-18;3-2(4,5)1(6)7/h1-5,8-10,15,17H,6-7,11-14H2,(H2,23,25)(H,26,28);(H,6,7). The number of aromatic nitrogens is 2. The van der Waals surface area contributed by atoms with Crippen LogP contribution in [0.1, 0.15) is 12.8 Å². The number of fused-ring (bicyclic) bond motifs is 1. The van der Waals surface area contributed by atoms with Crippen LogP contribution in [0.5, 0.6) is 5.75 Å². The number of alkyl halides is 3.